The molecule has 3 N–H and O–H groups in total. The van der Waals surface area contributed by atoms with Gasteiger partial charge in [0.15, 0.2) is 0 Å². The molecule has 2 aromatic rings. The summed E-state index contributed by atoms with van der Waals surface area (Å²) in [5.74, 6) is -0.363. The summed E-state index contributed by atoms with van der Waals surface area (Å²) in [6.45, 7) is 0. The first kappa shape index (κ1) is 12.0. The highest BCUT2D eigenvalue weighted by molar-refractivity contribution is 6.42. The minimum atomic E-state index is -0.363. The summed E-state index contributed by atoms with van der Waals surface area (Å²) in [6.07, 6.45) is 0. The molecular formula is C12H9Cl2FN2. The van der Waals surface area contributed by atoms with Crippen LogP contribution in [-0.2, 0) is 0 Å². The van der Waals surface area contributed by atoms with Crippen LogP contribution in [0.1, 0.15) is 0 Å². The third-order valence-electron chi connectivity index (χ3n) is 2.24. The summed E-state index contributed by atoms with van der Waals surface area (Å²) in [5, 5.41) is 3.59. The van der Waals surface area contributed by atoms with E-state index < -0.39 is 0 Å². The van der Waals surface area contributed by atoms with Gasteiger partial charge in [0, 0.05) is 0 Å². The lowest BCUT2D eigenvalue weighted by molar-refractivity contribution is 0.632. The van der Waals surface area contributed by atoms with Crippen molar-refractivity contribution in [2.24, 2.45) is 0 Å². The first-order chi connectivity index (χ1) is 8.08. The summed E-state index contributed by atoms with van der Waals surface area (Å²) in [6, 6.07) is 9.38. The van der Waals surface area contributed by atoms with E-state index in [1.165, 1.54) is 12.1 Å². The number of nitrogens with one attached hydrogen (secondary N) is 1. The molecule has 0 amide bonds. The molecule has 0 atom stereocenters. The van der Waals surface area contributed by atoms with Crippen molar-refractivity contribution in [2.45, 2.75) is 0 Å². The van der Waals surface area contributed by atoms with E-state index in [9.17, 15) is 4.39 Å². The van der Waals surface area contributed by atoms with Crippen molar-refractivity contribution in [3.8, 4) is 0 Å². The summed E-state index contributed by atoms with van der Waals surface area (Å²) in [5.41, 5.74) is 7.01. The highest BCUT2D eigenvalue weighted by Crippen LogP contribution is 2.32. The van der Waals surface area contributed by atoms with Crippen LogP contribution in [-0.4, -0.2) is 0 Å². The van der Waals surface area contributed by atoms with Crippen LogP contribution in [0.15, 0.2) is 36.4 Å². The van der Waals surface area contributed by atoms with E-state index in [2.05, 4.69) is 5.32 Å². The SMILES string of the molecule is Nc1cc(Cl)c(Cl)cc1Nc1ccccc1F. The average Bonchev–Trinajstić information content (AvgIpc) is 2.29. The Morgan fingerprint density at radius 2 is 1.65 bits per heavy atom. The van der Waals surface area contributed by atoms with Crippen molar-refractivity contribution >= 4 is 40.3 Å². The Balaban J connectivity index is 2.37. The van der Waals surface area contributed by atoms with Crippen LogP contribution in [0.5, 0.6) is 0 Å². The van der Waals surface area contributed by atoms with Gasteiger partial charge in [0.2, 0.25) is 0 Å². The van der Waals surface area contributed by atoms with Crippen LogP contribution in [0.3, 0.4) is 0 Å². The predicted molar refractivity (Wildman–Crippen MR) is 70.6 cm³/mol. The van der Waals surface area contributed by atoms with Gasteiger partial charge in [-0.1, -0.05) is 35.3 Å². The molecule has 0 saturated carbocycles. The quantitative estimate of drug-likeness (QED) is 0.791. The van der Waals surface area contributed by atoms with E-state index in [1.54, 1.807) is 24.3 Å². The Kier molecular flexibility index (Phi) is 3.41. The fourth-order valence-electron chi connectivity index (χ4n) is 1.38. The predicted octanol–water partition coefficient (Wildman–Crippen LogP) is 4.46. The fraction of sp³-hybridized carbons (Fsp3) is 0. The molecule has 0 bridgehead atoms. The van der Waals surface area contributed by atoms with Crippen LogP contribution in [0, 0.1) is 5.82 Å². The molecule has 0 aromatic heterocycles. The number of nitrogens with two attached hydrogens (primary N) is 1. The van der Waals surface area contributed by atoms with Gasteiger partial charge in [-0.15, -0.1) is 0 Å². The summed E-state index contributed by atoms with van der Waals surface area (Å²) in [4.78, 5) is 0. The molecule has 88 valence electrons. The third kappa shape index (κ3) is 2.62. The molecular weight excluding hydrogens is 262 g/mol. The van der Waals surface area contributed by atoms with E-state index in [0.29, 0.717) is 27.1 Å². The van der Waals surface area contributed by atoms with Gasteiger partial charge in [-0.3, -0.25) is 0 Å². The minimum Gasteiger partial charge on any atom is -0.397 e. The number of hydrogen-bond acceptors (Lipinski definition) is 2. The van der Waals surface area contributed by atoms with E-state index in [-0.39, 0.29) is 5.82 Å². The van der Waals surface area contributed by atoms with Gasteiger partial charge >= 0.3 is 0 Å². The lowest BCUT2D eigenvalue weighted by Gasteiger charge is -2.11. The van der Waals surface area contributed by atoms with Crippen LogP contribution in [0.4, 0.5) is 21.5 Å². The van der Waals surface area contributed by atoms with Gasteiger partial charge in [-0.25, -0.2) is 4.39 Å². The Hall–Kier alpha value is -1.45. The maximum absolute atomic E-state index is 13.4. The first-order valence-electron chi connectivity index (χ1n) is 4.84. The largest absolute Gasteiger partial charge is 0.397 e. The molecule has 0 saturated heterocycles. The zero-order chi connectivity index (χ0) is 12.4. The van der Waals surface area contributed by atoms with Crippen molar-refractivity contribution in [3.05, 3.63) is 52.3 Å². The summed E-state index contributed by atoms with van der Waals surface area (Å²) in [7, 11) is 0. The van der Waals surface area contributed by atoms with E-state index >= 15 is 0 Å². The second-order valence-corrected chi connectivity index (χ2v) is 4.27. The van der Waals surface area contributed by atoms with E-state index in [1.807, 2.05) is 0 Å². The molecule has 0 spiro atoms. The Morgan fingerprint density at radius 3 is 2.35 bits per heavy atom. The minimum absolute atomic E-state index is 0.331. The van der Waals surface area contributed by atoms with Crippen LogP contribution >= 0.6 is 23.2 Å². The number of para-hydroxylation sites is 1. The van der Waals surface area contributed by atoms with Crippen molar-refractivity contribution in [3.63, 3.8) is 0 Å². The molecule has 0 heterocycles. The van der Waals surface area contributed by atoms with E-state index in [4.69, 9.17) is 28.9 Å². The van der Waals surface area contributed by atoms with Crippen LogP contribution in [0.2, 0.25) is 10.0 Å². The lowest BCUT2D eigenvalue weighted by atomic mass is 10.2. The lowest BCUT2D eigenvalue weighted by Crippen LogP contribution is -1.98. The average molecular weight is 271 g/mol. The maximum atomic E-state index is 13.4. The van der Waals surface area contributed by atoms with Gasteiger partial charge < -0.3 is 11.1 Å². The molecule has 5 heteroatoms. The van der Waals surface area contributed by atoms with Crippen LogP contribution in [0.25, 0.3) is 0 Å². The van der Waals surface area contributed by atoms with Gasteiger partial charge in [0.1, 0.15) is 5.82 Å². The molecule has 0 unspecified atom stereocenters. The van der Waals surface area contributed by atoms with Gasteiger partial charge in [0.05, 0.1) is 27.1 Å². The Bertz CT molecular complexity index is 558. The number of anilines is 3. The first-order valence-corrected chi connectivity index (χ1v) is 5.59. The fourth-order valence-corrected chi connectivity index (χ4v) is 1.71. The van der Waals surface area contributed by atoms with Gasteiger partial charge in [-0.05, 0) is 24.3 Å². The molecule has 0 radical (unpaired) electrons. The van der Waals surface area contributed by atoms with Crippen molar-refractivity contribution in [1.82, 2.24) is 0 Å². The summed E-state index contributed by atoms with van der Waals surface area (Å²) >= 11 is 11.7. The Morgan fingerprint density at radius 1 is 1.00 bits per heavy atom. The number of rotatable bonds is 2. The van der Waals surface area contributed by atoms with Crippen molar-refractivity contribution in [1.29, 1.82) is 0 Å². The molecule has 2 aromatic carbocycles. The number of halogens is 3. The second-order valence-electron chi connectivity index (χ2n) is 3.46. The number of benzene rings is 2. The highest BCUT2D eigenvalue weighted by Gasteiger charge is 2.07. The normalized spacial score (nSPS) is 10.3. The second kappa shape index (κ2) is 4.82. The third-order valence-corrected chi connectivity index (χ3v) is 2.96. The topological polar surface area (TPSA) is 38.0 Å². The van der Waals surface area contributed by atoms with Crippen molar-refractivity contribution < 1.29 is 4.39 Å². The molecule has 0 aliphatic rings. The smallest absolute Gasteiger partial charge is 0.146 e. The number of hydrogen-bond donors (Lipinski definition) is 2. The van der Waals surface area contributed by atoms with Crippen LogP contribution < -0.4 is 11.1 Å². The molecule has 0 fully saturated rings. The van der Waals surface area contributed by atoms with Gasteiger partial charge in [-0.2, -0.15) is 0 Å². The molecule has 2 nitrogen and oxygen atoms in total. The zero-order valence-electron chi connectivity index (χ0n) is 8.68. The number of nitrogen functional groups attached to an aromatic ring is 1. The standard InChI is InChI=1S/C12H9Cl2FN2/c13-7-5-10(16)12(6-8(7)14)17-11-4-2-1-3-9(11)15/h1-6,17H,16H2. The Labute approximate surface area is 108 Å². The maximum Gasteiger partial charge on any atom is 0.146 e. The molecule has 2 rings (SSSR count). The highest BCUT2D eigenvalue weighted by atomic mass is 35.5. The zero-order valence-corrected chi connectivity index (χ0v) is 10.2. The molecule has 0 aliphatic carbocycles. The van der Waals surface area contributed by atoms with Crippen molar-refractivity contribution in [2.75, 3.05) is 11.1 Å². The molecule has 17 heavy (non-hydrogen) atoms. The summed E-state index contributed by atoms with van der Waals surface area (Å²) < 4.78 is 13.4. The molecule has 0 aliphatic heterocycles. The monoisotopic (exact) mass is 270 g/mol. The van der Waals surface area contributed by atoms with Gasteiger partial charge in [0.25, 0.3) is 0 Å². The van der Waals surface area contributed by atoms with E-state index in [0.717, 1.165) is 0 Å².